The third-order valence-corrected chi connectivity index (χ3v) is 6.00. The molecule has 32 heavy (non-hydrogen) atoms. The monoisotopic (exact) mass is 441 g/mol. The normalized spacial score (nSPS) is 13.8. The minimum atomic E-state index is -0.0441. The van der Waals surface area contributed by atoms with Crippen LogP contribution in [-0.4, -0.2) is 58.4 Å². The van der Waals surface area contributed by atoms with E-state index in [4.69, 9.17) is 14.2 Å². The number of hydrogen-bond acceptors (Lipinski definition) is 5. The van der Waals surface area contributed by atoms with Crippen LogP contribution in [0.2, 0.25) is 0 Å². The third kappa shape index (κ3) is 4.87. The summed E-state index contributed by atoms with van der Waals surface area (Å²) in [5.74, 6) is 2.17. The summed E-state index contributed by atoms with van der Waals surface area (Å²) in [6.45, 7) is 9.13. The molecule has 0 saturated carbocycles. The van der Waals surface area contributed by atoms with Gasteiger partial charge in [-0.15, -0.1) is 0 Å². The van der Waals surface area contributed by atoms with Gasteiger partial charge in [-0.3, -0.25) is 0 Å². The molecule has 1 saturated heterocycles. The van der Waals surface area contributed by atoms with Crippen molar-refractivity contribution in [2.45, 2.75) is 33.1 Å². The maximum atomic E-state index is 13.1. The number of nitrogens with zero attached hydrogens (tertiary/aromatic N) is 2. The molecule has 0 radical (unpaired) electrons. The number of anilines is 2. The number of hydrogen-bond donors (Lipinski definition) is 1. The van der Waals surface area contributed by atoms with Gasteiger partial charge in [-0.25, -0.2) is 4.79 Å². The zero-order chi connectivity index (χ0) is 23.3. The zero-order valence-corrected chi connectivity index (χ0v) is 20.0. The predicted molar refractivity (Wildman–Crippen MR) is 129 cm³/mol. The second kappa shape index (κ2) is 10.5. The fourth-order valence-corrected chi connectivity index (χ4v) is 4.15. The van der Waals surface area contributed by atoms with Gasteiger partial charge in [0.15, 0.2) is 11.5 Å². The smallest absolute Gasteiger partial charge is 0.321 e. The lowest BCUT2D eigenvalue weighted by atomic mass is 9.96. The van der Waals surface area contributed by atoms with Crippen molar-refractivity contribution in [2.75, 3.05) is 57.7 Å². The SMILES string of the molecule is CCc1cccc(C(C)C)c1NC(=O)N1CCN(c2cc(OC)c(OC)c(OC)c2)CC1. The Labute approximate surface area is 191 Å². The molecule has 2 aromatic rings. The molecule has 3 rings (SSSR count). The van der Waals surface area contributed by atoms with E-state index in [1.54, 1.807) is 21.3 Å². The van der Waals surface area contributed by atoms with Crippen LogP contribution in [0.1, 0.15) is 37.8 Å². The number of urea groups is 1. The highest BCUT2D eigenvalue weighted by molar-refractivity contribution is 5.91. The summed E-state index contributed by atoms with van der Waals surface area (Å²) in [5, 5.41) is 3.20. The van der Waals surface area contributed by atoms with Gasteiger partial charge < -0.3 is 29.3 Å². The van der Waals surface area contributed by atoms with Gasteiger partial charge in [-0.05, 0) is 23.5 Å². The molecule has 0 atom stereocenters. The standard InChI is InChI=1S/C25H35N3O4/c1-7-18-9-8-10-20(17(2)3)23(18)26-25(29)28-13-11-27(12-14-28)19-15-21(30-4)24(32-6)22(16-19)31-5/h8-10,15-17H,7,11-14H2,1-6H3,(H,26,29). The van der Waals surface area contributed by atoms with Crippen LogP contribution < -0.4 is 24.4 Å². The largest absolute Gasteiger partial charge is 0.493 e. The third-order valence-electron chi connectivity index (χ3n) is 6.00. The van der Waals surface area contributed by atoms with Crippen molar-refractivity contribution in [1.82, 2.24) is 4.90 Å². The number of methoxy groups -OCH3 is 3. The van der Waals surface area contributed by atoms with Gasteiger partial charge >= 0.3 is 6.03 Å². The van der Waals surface area contributed by atoms with Crippen LogP contribution >= 0.6 is 0 Å². The number of para-hydroxylation sites is 1. The molecule has 1 aliphatic rings. The summed E-state index contributed by atoms with van der Waals surface area (Å²) in [6, 6.07) is 10.1. The van der Waals surface area contributed by atoms with Crippen molar-refractivity contribution in [2.24, 2.45) is 0 Å². The molecular weight excluding hydrogens is 406 g/mol. The molecule has 1 aliphatic heterocycles. The molecule has 2 amide bonds. The van der Waals surface area contributed by atoms with Crippen LogP contribution in [0.3, 0.4) is 0 Å². The average molecular weight is 442 g/mol. The average Bonchev–Trinajstić information content (AvgIpc) is 2.82. The van der Waals surface area contributed by atoms with E-state index in [0.29, 0.717) is 36.3 Å². The lowest BCUT2D eigenvalue weighted by Crippen LogP contribution is -2.50. The summed E-state index contributed by atoms with van der Waals surface area (Å²) in [7, 11) is 4.82. The summed E-state index contributed by atoms with van der Waals surface area (Å²) in [4.78, 5) is 17.2. The van der Waals surface area contributed by atoms with Crippen molar-refractivity contribution in [3.8, 4) is 17.2 Å². The van der Waals surface area contributed by atoms with Crippen molar-refractivity contribution in [1.29, 1.82) is 0 Å². The number of carbonyl (C=O) groups is 1. The Balaban J connectivity index is 1.71. The number of piperazine rings is 1. The maximum absolute atomic E-state index is 13.1. The first-order valence-corrected chi connectivity index (χ1v) is 11.2. The van der Waals surface area contributed by atoms with Gasteiger partial charge in [0.25, 0.3) is 0 Å². The molecule has 1 fully saturated rings. The van der Waals surface area contributed by atoms with Crippen LogP contribution in [0.5, 0.6) is 17.2 Å². The number of aryl methyl sites for hydroxylation is 1. The minimum Gasteiger partial charge on any atom is -0.493 e. The Hall–Kier alpha value is -3.09. The van der Waals surface area contributed by atoms with Gasteiger partial charge in [0, 0.05) is 49.7 Å². The number of carbonyl (C=O) groups excluding carboxylic acids is 1. The number of rotatable bonds is 7. The van der Waals surface area contributed by atoms with Gasteiger partial charge in [0.1, 0.15) is 0 Å². The van der Waals surface area contributed by atoms with Crippen molar-refractivity contribution in [3.05, 3.63) is 41.5 Å². The molecule has 2 aromatic carbocycles. The molecule has 7 heteroatoms. The maximum Gasteiger partial charge on any atom is 0.321 e. The highest BCUT2D eigenvalue weighted by Gasteiger charge is 2.24. The molecule has 0 spiro atoms. The quantitative estimate of drug-likeness (QED) is 0.672. The highest BCUT2D eigenvalue weighted by Crippen LogP contribution is 2.41. The van der Waals surface area contributed by atoms with Crippen LogP contribution in [0.25, 0.3) is 0 Å². The Morgan fingerprint density at radius 2 is 1.62 bits per heavy atom. The summed E-state index contributed by atoms with van der Waals surface area (Å²) in [5.41, 5.74) is 4.29. The van der Waals surface area contributed by atoms with Gasteiger partial charge in [-0.2, -0.15) is 0 Å². The number of amides is 2. The van der Waals surface area contributed by atoms with Crippen molar-refractivity contribution < 1.29 is 19.0 Å². The van der Waals surface area contributed by atoms with E-state index in [1.165, 1.54) is 11.1 Å². The van der Waals surface area contributed by atoms with E-state index >= 15 is 0 Å². The zero-order valence-electron chi connectivity index (χ0n) is 20.0. The van der Waals surface area contributed by atoms with Gasteiger partial charge in [0.2, 0.25) is 5.75 Å². The van der Waals surface area contributed by atoms with Crippen LogP contribution in [-0.2, 0) is 6.42 Å². The van der Waals surface area contributed by atoms with E-state index in [-0.39, 0.29) is 6.03 Å². The first-order valence-electron chi connectivity index (χ1n) is 11.2. The van der Waals surface area contributed by atoms with E-state index < -0.39 is 0 Å². The Bertz CT molecular complexity index is 912. The Morgan fingerprint density at radius 1 is 1.00 bits per heavy atom. The fourth-order valence-electron chi connectivity index (χ4n) is 4.15. The first kappa shape index (κ1) is 23.6. The molecule has 0 aliphatic carbocycles. The summed E-state index contributed by atoms with van der Waals surface area (Å²) >= 11 is 0. The fraction of sp³-hybridized carbons (Fsp3) is 0.480. The number of ether oxygens (including phenoxy) is 3. The van der Waals surface area contributed by atoms with Gasteiger partial charge in [-0.1, -0.05) is 39.0 Å². The van der Waals surface area contributed by atoms with E-state index in [9.17, 15) is 4.79 Å². The number of nitrogens with one attached hydrogen (secondary N) is 1. The lowest BCUT2D eigenvalue weighted by Gasteiger charge is -2.36. The van der Waals surface area contributed by atoms with Crippen LogP contribution in [0.15, 0.2) is 30.3 Å². The van der Waals surface area contributed by atoms with Crippen LogP contribution in [0, 0.1) is 0 Å². The summed E-state index contributed by atoms with van der Waals surface area (Å²) in [6.07, 6.45) is 0.880. The minimum absolute atomic E-state index is 0.0441. The molecule has 0 aromatic heterocycles. The predicted octanol–water partition coefficient (Wildman–Crippen LogP) is 4.75. The van der Waals surface area contributed by atoms with Gasteiger partial charge in [0.05, 0.1) is 21.3 Å². The van der Waals surface area contributed by atoms with Crippen LogP contribution in [0.4, 0.5) is 16.2 Å². The van der Waals surface area contributed by atoms with E-state index in [2.05, 4.69) is 49.2 Å². The molecule has 174 valence electrons. The molecule has 1 N–H and O–H groups in total. The summed E-state index contributed by atoms with van der Waals surface area (Å²) < 4.78 is 16.4. The van der Waals surface area contributed by atoms with Crippen molar-refractivity contribution >= 4 is 17.4 Å². The van der Waals surface area contributed by atoms with E-state index in [1.807, 2.05) is 17.0 Å². The molecule has 0 bridgehead atoms. The topological polar surface area (TPSA) is 63.3 Å². The second-order valence-electron chi connectivity index (χ2n) is 8.18. The second-order valence-corrected chi connectivity index (χ2v) is 8.18. The Morgan fingerprint density at radius 3 is 2.12 bits per heavy atom. The molecular formula is C25H35N3O4. The molecule has 7 nitrogen and oxygen atoms in total. The first-order chi connectivity index (χ1) is 15.4. The lowest BCUT2D eigenvalue weighted by molar-refractivity contribution is 0.208. The molecule has 0 unspecified atom stereocenters. The molecule has 1 heterocycles. The Kier molecular flexibility index (Phi) is 7.72. The van der Waals surface area contributed by atoms with Crippen molar-refractivity contribution in [3.63, 3.8) is 0 Å². The van der Waals surface area contributed by atoms with E-state index in [0.717, 1.165) is 30.9 Å². The number of benzene rings is 2. The highest BCUT2D eigenvalue weighted by atomic mass is 16.5.